The number of nitrogens with zero attached hydrogens (tertiary/aromatic N) is 1. The molecule has 2 aromatic heterocycles. The van der Waals surface area contributed by atoms with Crippen molar-refractivity contribution in [2.45, 2.75) is 13.5 Å². The van der Waals surface area contributed by atoms with Gasteiger partial charge in [-0.3, -0.25) is 9.78 Å². The van der Waals surface area contributed by atoms with E-state index < -0.39 is 0 Å². The van der Waals surface area contributed by atoms with Crippen LogP contribution >= 0.6 is 11.3 Å². The number of nitrogens with one attached hydrogen (secondary N) is 1. The fraction of sp³-hybridized carbons (Fsp3) is 0.111. The van der Waals surface area contributed by atoms with Gasteiger partial charge in [0.1, 0.15) is 5.82 Å². The van der Waals surface area contributed by atoms with Gasteiger partial charge in [0, 0.05) is 29.2 Å². The van der Waals surface area contributed by atoms with Crippen LogP contribution in [0.2, 0.25) is 0 Å². The molecule has 0 aliphatic carbocycles. The van der Waals surface area contributed by atoms with Crippen LogP contribution in [0, 0.1) is 12.7 Å². The molecule has 3 aromatic rings. The fourth-order valence-corrected chi connectivity index (χ4v) is 2.82. The highest BCUT2D eigenvalue weighted by molar-refractivity contribution is 7.08. The highest BCUT2D eigenvalue weighted by atomic mass is 32.1. The van der Waals surface area contributed by atoms with Crippen molar-refractivity contribution in [1.29, 1.82) is 0 Å². The van der Waals surface area contributed by atoms with E-state index in [0.29, 0.717) is 17.7 Å². The van der Waals surface area contributed by atoms with Crippen molar-refractivity contribution in [2.75, 3.05) is 0 Å². The molecule has 0 aliphatic rings. The molecule has 116 valence electrons. The van der Waals surface area contributed by atoms with Crippen LogP contribution in [0.1, 0.15) is 21.5 Å². The first-order chi connectivity index (χ1) is 11.1. The largest absolute Gasteiger partial charge is 0.348 e. The molecule has 3 rings (SSSR count). The summed E-state index contributed by atoms with van der Waals surface area (Å²) in [6.45, 7) is 2.04. The van der Waals surface area contributed by atoms with Crippen LogP contribution in [0.4, 0.5) is 4.39 Å². The number of aryl methyl sites for hydroxylation is 1. The van der Waals surface area contributed by atoms with E-state index in [-0.39, 0.29) is 11.7 Å². The molecule has 1 aromatic carbocycles. The molecule has 0 atom stereocenters. The lowest BCUT2D eigenvalue weighted by Gasteiger charge is -2.07. The smallest absolute Gasteiger partial charge is 0.251 e. The number of benzene rings is 1. The highest BCUT2D eigenvalue weighted by Crippen LogP contribution is 2.20. The lowest BCUT2D eigenvalue weighted by atomic mass is 10.1. The van der Waals surface area contributed by atoms with Crippen molar-refractivity contribution in [3.63, 3.8) is 0 Å². The van der Waals surface area contributed by atoms with Crippen molar-refractivity contribution >= 4 is 17.2 Å². The topological polar surface area (TPSA) is 42.0 Å². The maximum atomic E-state index is 13.5. The number of amides is 1. The first-order valence-electron chi connectivity index (χ1n) is 7.15. The molecule has 0 unspecified atom stereocenters. The predicted molar refractivity (Wildman–Crippen MR) is 89.9 cm³/mol. The quantitative estimate of drug-likeness (QED) is 0.781. The van der Waals surface area contributed by atoms with Gasteiger partial charge in [-0.2, -0.15) is 11.3 Å². The first-order valence-corrected chi connectivity index (χ1v) is 8.09. The van der Waals surface area contributed by atoms with Crippen molar-refractivity contribution < 1.29 is 9.18 Å². The van der Waals surface area contributed by atoms with Gasteiger partial charge in [0.05, 0.1) is 5.69 Å². The van der Waals surface area contributed by atoms with Crippen LogP contribution in [0.5, 0.6) is 0 Å². The number of rotatable bonds is 4. The number of pyridine rings is 1. The van der Waals surface area contributed by atoms with Gasteiger partial charge in [-0.25, -0.2) is 4.39 Å². The Morgan fingerprint density at radius 1 is 1.26 bits per heavy atom. The minimum absolute atomic E-state index is 0.294. The molecule has 1 amide bonds. The lowest BCUT2D eigenvalue weighted by Crippen LogP contribution is -2.23. The second-order valence-electron chi connectivity index (χ2n) is 5.21. The molecular formula is C18H15FN2OS. The second-order valence-corrected chi connectivity index (χ2v) is 5.99. The van der Waals surface area contributed by atoms with Crippen molar-refractivity contribution in [3.05, 3.63) is 75.9 Å². The Morgan fingerprint density at radius 2 is 2.13 bits per heavy atom. The summed E-state index contributed by atoms with van der Waals surface area (Å²) in [4.78, 5) is 16.4. The van der Waals surface area contributed by atoms with Crippen molar-refractivity contribution in [3.8, 4) is 11.3 Å². The Kier molecular flexibility index (Phi) is 4.48. The van der Waals surface area contributed by atoms with Gasteiger partial charge >= 0.3 is 0 Å². The Morgan fingerprint density at radius 3 is 2.87 bits per heavy atom. The monoisotopic (exact) mass is 326 g/mol. The van der Waals surface area contributed by atoms with E-state index in [4.69, 9.17) is 0 Å². The third-order valence-electron chi connectivity index (χ3n) is 3.53. The summed E-state index contributed by atoms with van der Waals surface area (Å²) in [5.41, 5.74) is 3.72. The SMILES string of the molecule is Cc1ccc(C(=O)NCc2ccnc(-c3ccsc3)c2)cc1F. The number of carbonyl (C=O) groups is 1. The van der Waals surface area contributed by atoms with Crippen LogP contribution < -0.4 is 5.32 Å². The second kappa shape index (κ2) is 6.71. The molecule has 0 spiro atoms. The molecule has 0 bridgehead atoms. The normalized spacial score (nSPS) is 10.5. The molecular weight excluding hydrogens is 311 g/mol. The van der Waals surface area contributed by atoms with Gasteiger partial charge in [-0.15, -0.1) is 0 Å². The minimum Gasteiger partial charge on any atom is -0.348 e. The predicted octanol–water partition coefficient (Wildman–Crippen LogP) is 4.19. The van der Waals surface area contributed by atoms with E-state index in [1.807, 2.05) is 29.0 Å². The van der Waals surface area contributed by atoms with Crippen molar-refractivity contribution in [1.82, 2.24) is 10.3 Å². The molecule has 0 radical (unpaired) electrons. The molecule has 23 heavy (non-hydrogen) atoms. The third kappa shape index (κ3) is 3.63. The molecule has 0 aliphatic heterocycles. The first kappa shape index (κ1) is 15.4. The number of halogens is 1. The van der Waals surface area contributed by atoms with E-state index in [1.165, 1.54) is 6.07 Å². The molecule has 2 heterocycles. The summed E-state index contributed by atoms with van der Waals surface area (Å²) in [7, 11) is 0. The Labute approximate surface area is 137 Å². The molecule has 0 saturated carbocycles. The maximum absolute atomic E-state index is 13.5. The zero-order chi connectivity index (χ0) is 16.2. The standard InChI is InChI=1S/C18H15FN2OS/c1-12-2-3-14(9-16(12)19)18(22)21-10-13-4-6-20-17(8-13)15-5-7-23-11-15/h2-9,11H,10H2,1H3,(H,21,22). The third-order valence-corrected chi connectivity index (χ3v) is 4.21. The number of thiophene rings is 1. The Hall–Kier alpha value is -2.53. The van der Waals surface area contributed by atoms with Crippen LogP contribution in [-0.4, -0.2) is 10.9 Å². The van der Waals surface area contributed by atoms with E-state index in [0.717, 1.165) is 16.8 Å². The highest BCUT2D eigenvalue weighted by Gasteiger charge is 2.08. The van der Waals surface area contributed by atoms with E-state index in [1.54, 1.807) is 36.6 Å². The number of hydrogen-bond donors (Lipinski definition) is 1. The minimum atomic E-state index is -0.374. The van der Waals surface area contributed by atoms with Crippen LogP contribution in [0.15, 0.2) is 53.4 Å². The summed E-state index contributed by atoms with van der Waals surface area (Å²) < 4.78 is 13.5. The van der Waals surface area contributed by atoms with Crippen molar-refractivity contribution in [2.24, 2.45) is 0 Å². The summed E-state index contributed by atoms with van der Waals surface area (Å²) in [5.74, 6) is -0.667. The van der Waals surface area contributed by atoms with Crippen LogP contribution in [0.25, 0.3) is 11.3 Å². The zero-order valence-corrected chi connectivity index (χ0v) is 13.4. The van der Waals surface area contributed by atoms with E-state index in [9.17, 15) is 9.18 Å². The zero-order valence-electron chi connectivity index (χ0n) is 12.5. The van der Waals surface area contributed by atoms with E-state index in [2.05, 4.69) is 10.3 Å². The molecule has 0 saturated heterocycles. The van der Waals surface area contributed by atoms with E-state index >= 15 is 0 Å². The number of hydrogen-bond acceptors (Lipinski definition) is 3. The van der Waals surface area contributed by atoms with Gasteiger partial charge in [-0.1, -0.05) is 6.07 Å². The van der Waals surface area contributed by atoms with Gasteiger partial charge in [0.15, 0.2) is 0 Å². The van der Waals surface area contributed by atoms with Crippen LogP contribution in [-0.2, 0) is 6.54 Å². The summed E-state index contributed by atoms with van der Waals surface area (Å²) >= 11 is 1.61. The molecule has 3 nitrogen and oxygen atoms in total. The summed E-state index contributed by atoms with van der Waals surface area (Å²) in [5, 5.41) is 6.83. The number of carbonyl (C=O) groups excluding carboxylic acids is 1. The van der Waals surface area contributed by atoms with Gasteiger partial charge in [0.2, 0.25) is 0 Å². The van der Waals surface area contributed by atoms with Gasteiger partial charge in [-0.05, 0) is 53.8 Å². The Balaban J connectivity index is 1.69. The number of aromatic nitrogens is 1. The lowest BCUT2D eigenvalue weighted by molar-refractivity contribution is 0.0950. The molecule has 1 N–H and O–H groups in total. The summed E-state index contributed by atoms with van der Waals surface area (Å²) in [6.07, 6.45) is 1.72. The summed E-state index contributed by atoms with van der Waals surface area (Å²) in [6, 6.07) is 10.3. The average molecular weight is 326 g/mol. The Bertz CT molecular complexity index is 831. The van der Waals surface area contributed by atoms with Gasteiger partial charge in [0.25, 0.3) is 5.91 Å². The molecule has 0 fully saturated rings. The van der Waals surface area contributed by atoms with Gasteiger partial charge < -0.3 is 5.32 Å². The fourth-order valence-electron chi connectivity index (χ4n) is 2.17. The van der Waals surface area contributed by atoms with Crippen LogP contribution in [0.3, 0.4) is 0 Å². The average Bonchev–Trinajstić information content (AvgIpc) is 3.10. The molecule has 5 heteroatoms. The maximum Gasteiger partial charge on any atom is 0.251 e.